The van der Waals surface area contributed by atoms with Crippen LogP contribution in [-0.4, -0.2) is 53.2 Å². The van der Waals surface area contributed by atoms with E-state index in [2.05, 4.69) is 9.72 Å². The van der Waals surface area contributed by atoms with Gasteiger partial charge in [-0.15, -0.1) is 0 Å². The molecule has 1 amide bonds. The van der Waals surface area contributed by atoms with Crippen molar-refractivity contribution in [2.24, 2.45) is 0 Å². The number of hydrogen-bond acceptors (Lipinski definition) is 6. The van der Waals surface area contributed by atoms with Gasteiger partial charge in [0.2, 0.25) is 15.9 Å². The van der Waals surface area contributed by atoms with Gasteiger partial charge in [-0.2, -0.15) is 0 Å². The van der Waals surface area contributed by atoms with Crippen molar-refractivity contribution < 1.29 is 17.7 Å². The van der Waals surface area contributed by atoms with Crippen LogP contribution in [0.3, 0.4) is 0 Å². The zero-order valence-electron chi connectivity index (χ0n) is 22.4. The number of hydrogen-bond donors (Lipinski definition) is 0. The van der Waals surface area contributed by atoms with E-state index >= 15 is 0 Å². The highest BCUT2D eigenvalue weighted by atomic mass is 32.2. The van der Waals surface area contributed by atoms with Crippen LogP contribution in [0.25, 0.3) is 22.2 Å². The summed E-state index contributed by atoms with van der Waals surface area (Å²) in [6, 6.07) is 15.3. The largest absolute Gasteiger partial charge is 0.361 e. The summed E-state index contributed by atoms with van der Waals surface area (Å²) in [4.78, 5) is 20.1. The molecule has 1 saturated heterocycles. The number of likely N-dealkylation sites (N-methyl/N-ethyl adjacent to an activating group) is 1. The summed E-state index contributed by atoms with van der Waals surface area (Å²) in [6.45, 7) is 6.14. The van der Waals surface area contributed by atoms with Crippen molar-refractivity contribution in [2.75, 3.05) is 24.7 Å². The molecule has 1 fully saturated rings. The minimum Gasteiger partial charge on any atom is -0.361 e. The maximum atomic E-state index is 13.1. The van der Waals surface area contributed by atoms with Gasteiger partial charge in [-0.25, -0.2) is 17.7 Å². The van der Waals surface area contributed by atoms with Crippen LogP contribution in [0.4, 0.5) is 5.69 Å². The van der Waals surface area contributed by atoms with Gasteiger partial charge in [-0.05, 0) is 56.5 Å². The second kappa shape index (κ2) is 9.99. The monoisotopic (exact) mass is 535 g/mol. The van der Waals surface area contributed by atoms with Gasteiger partial charge >= 0.3 is 0 Å². The Morgan fingerprint density at radius 1 is 1.16 bits per heavy atom. The number of amides is 1. The van der Waals surface area contributed by atoms with Gasteiger partial charge in [0, 0.05) is 37.3 Å². The van der Waals surface area contributed by atoms with Crippen molar-refractivity contribution in [1.82, 2.24) is 19.0 Å². The molecule has 0 aliphatic carbocycles. The molecule has 4 aromatic rings. The predicted octanol–water partition coefficient (Wildman–Crippen LogP) is 5.02. The fourth-order valence-electron chi connectivity index (χ4n) is 5.45. The van der Waals surface area contributed by atoms with Crippen LogP contribution >= 0.6 is 0 Å². The van der Waals surface area contributed by atoms with E-state index in [-0.39, 0.29) is 18.0 Å². The van der Waals surface area contributed by atoms with Gasteiger partial charge in [0.15, 0.2) is 0 Å². The Balaban J connectivity index is 1.69. The minimum absolute atomic E-state index is 0.0533. The number of para-hydroxylation sites is 1. The van der Waals surface area contributed by atoms with E-state index in [1.165, 1.54) is 10.6 Å². The fourth-order valence-corrected chi connectivity index (χ4v) is 5.90. The number of sulfonamides is 1. The first-order valence-corrected chi connectivity index (χ1v) is 14.7. The number of aryl methyl sites for hydroxylation is 2. The highest BCUT2D eigenvalue weighted by Gasteiger charge is 2.38. The van der Waals surface area contributed by atoms with Gasteiger partial charge in [0.1, 0.15) is 11.6 Å². The van der Waals surface area contributed by atoms with Gasteiger partial charge < -0.3 is 14.0 Å². The van der Waals surface area contributed by atoms with E-state index in [9.17, 15) is 13.2 Å². The molecular weight excluding hydrogens is 502 g/mol. The first-order valence-electron chi connectivity index (χ1n) is 12.8. The zero-order valence-corrected chi connectivity index (χ0v) is 23.2. The van der Waals surface area contributed by atoms with Crippen LogP contribution in [-0.2, 0) is 14.8 Å². The van der Waals surface area contributed by atoms with E-state index in [0.29, 0.717) is 25.8 Å². The molecule has 1 aliphatic rings. The molecule has 0 spiro atoms. The van der Waals surface area contributed by atoms with E-state index in [4.69, 9.17) is 9.51 Å². The first kappa shape index (κ1) is 26.1. The molecule has 2 aromatic heterocycles. The lowest BCUT2D eigenvalue weighted by Gasteiger charge is -2.29. The number of anilines is 1. The second-order valence-electron chi connectivity index (χ2n) is 10.0. The number of carbonyl (C=O) groups excluding carboxylic acids is 1. The molecular formula is C28H33N5O4S. The van der Waals surface area contributed by atoms with Crippen molar-refractivity contribution in [3.05, 3.63) is 65.8 Å². The summed E-state index contributed by atoms with van der Waals surface area (Å²) < 4.78 is 33.5. The normalized spacial score (nSPS) is 17.2. The van der Waals surface area contributed by atoms with Crippen LogP contribution in [0.5, 0.6) is 0 Å². The Labute approximate surface area is 223 Å². The van der Waals surface area contributed by atoms with E-state index in [0.717, 1.165) is 45.1 Å². The molecule has 0 saturated carbocycles. The third-order valence-electron chi connectivity index (χ3n) is 7.45. The molecule has 200 valence electrons. The lowest BCUT2D eigenvalue weighted by molar-refractivity contribution is -0.117. The Hall–Kier alpha value is -3.50. The first-order chi connectivity index (χ1) is 18.1. The van der Waals surface area contributed by atoms with Crippen molar-refractivity contribution >= 4 is 32.7 Å². The lowest BCUT2D eigenvalue weighted by atomic mass is 10.0. The number of aromatic nitrogens is 3. The highest BCUT2D eigenvalue weighted by molar-refractivity contribution is 7.88. The average Bonchev–Trinajstić information content (AvgIpc) is 3.56. The fraction of sp³-hybridized carbons (Fsp3) is 0.393. The highest BCUT2D eigenvalue weighted by Crippen LogP contribution is 2.40. The van der Waals surface area contributed by atoms with Gasteiger partial charge in [0.05, 0.1) is 29.0 Å². The maximum Gasteiger partial charge on any atom is 0.227 e. The average molecular weight is 536 g/mol. The van der Waals surface area contributed by atoms with Crippen molar-refractivity contribution in [2.45, 2.75) is 52.1 Å². The minimum atomic E-state index is -3.37. The summed E-state index contributed by atoms with van der Waals surface area (Å²) in [7, 11) is -1.78. The summed E-state index contributed by atoms with van der Waals surface area (Å²) in [5, 5.41) is 4.10. The summed E-state index contributed by atoms with van der Waals surface area (Å²) in [5.74, 6) is 1.55. The summed E-state index contributed by atoms with van der Waals surface area (Å²) in [5.41, 5.74) is 5.21. The Kier molecular flexibility index (Phi) is 6.87. The van der Waals surface area contributed by atoms with Gasteiger partial charge in [-0.3, -0.25) is 4.79 Å². The molecule has 2 aromatic carbocycles. The number of benzene rings is 2. The third kappa shape index (κ3) is 4.63. The van der Waals surface area contributed by atoms with E-state index < -0.39 is 10.0 Å². The van der Waals surface area contributed by atoms with Crippen molar-refractivity contribution in [1.29, 1.82) is 0 Å². The summed E-state index contributed by atoms with van der Waals surface area (Å²) >= 11 is 0. The molecule has 0 bridgehead atoms. The number of nitrogens with zero attached hydrogens (tertiary/aromatic N) is 5. The number of imidazole rings is 1. The molecule has 3 heterocycles. The molecule has 9 nitrogen and oxygen atoms in total. The SMILES string of the molecule is CC[C@H](CN(C)S(C)(=O)=O)n1c(C2CCC(=O)N2c2ccccc2)nc2cc(-c3c(C)noc3C)ccc21. The molecule has 1 aliphatic heterocycles. The van der Waals surface area contributed by atoms with E-state index in [1.807, 2.05) is 74.2 Å². The third-order valence-corrected chi connectivity index (χ3v) is 8.74. The molecule has 2 atom stereocenters. The number of carbonyl (C=O) groups is 1. The molecule has 5 rings (SSSR count). The maximum absolute atomic E-state index is 13.1. The van der Waals surface area contributed by atoms with Crippen LogP contribution in [0.1, 0.15) is 55.5 Å². The Bertz CT molecular complexity index is 1570. The van der Waals surface area contributed by atoms with Crippen LogP contribution in [0.15, 0.2) is 53.1 Å². The van der Waals surface area contributed by atoms with Gasteiger partial charge in [-0.1, -0.05) is 36.3 Å². The molecule has 38 heavy (non-hydrogen) atoms. The van der Waals surface area contributed by atoms with Crippen molar-refractivity contribution in [3.8, 4) is 11.1 Å². The predicted molar refractivity (Wildman–Crippen MR) is 147 cm³/mol. The quantitative estimate of drug-likeness (QED) is 0.314. The number of rotatable bonds is 8. The number of fused-ring (bicyclic) bond motifs is 1. The van der Waals surface area contributed by atoms with Crippen molar-refractivity contribution in [3.63, 3.8) is 0 Å². The smallest absolute Gasteiger partial charge is 0.227 e. The second-order valence-corrected chi connectivity index (χ2v) is 12.1. The topological polar surface area (TPSA) is 102 Å². The standard InChI is InChI=1S/C28H33N5O4S/c1-6-21(17-31(4)38(5,35)36)33-24-13-12-20(27-18(2)30-37-19(27)3)16-23(24)29-28(33)25-14-15-26(34)32(25)22-10-8-7-9-11-22/h7-13,16,21,25H,6,14-15,17H2,1-5H3/t21-,25?/m1/s1. The molecule has 0 N–H and O–H groups in total. The van der Waals surface area contributed by atoms with Crippen LogP contribution in [0, 0.1) is 13.8 Å². The molecule has 10 heteroatoms. The zero-order chi connectivity index (χ0) is 27.2. The van der Waals surface area contributed by atoms with Gasteiger partial charge in [0.25, 0.3) is 0 Å². The van der Waals surface area contributed by atoms with E-state index in [1.54, 1.807) is 7.05 Å². The molecule has 1 unspecified atom stereocenters. The lowest BCUT2D eigenvalue weighted by Crippen LogP contribution is -2.34. The Morgan fingerprint density at radius 3 is 2.53 bits per heavy atom. The Morgan fingerprint density at radius 2 is 1.89 bits per heavy atom. The molecule has 0 radical (unpaired) electrons. The summed E-state index contributed by atoms with van der Waals surface area (Å²) in [6.07, 6.45) is 2.96. The van der Waals surface area contributed by atoms with Crippen LogP contribution < -0.4 is 4.90 Å². The van der Waals surface area contributed by atoms with Crippen LogP contribution in [0.2, 0.25) is 0 Å².